The van der Waals surface area contributed by atoms with Gasteiger partial charge in [0.2, 0.25) is 5.91 Å². The summed E-state index contributed by atoms with van der Waals surface area (Å²) in [5, 5.41) is 3.43. The van der Waals surface area contributed by atoms with Gasteiger partial charge in [-0.05, 0) is 37.7 Å². The number of likely N-dealkylation sites (tertiary alicyclic amines) is 2. The number of methoxy groups -OCH3 is 2. The fraction of sp³-hybridized carbons (Fsp3) is 0.692. The summed E-state index contributed by atoms with van der Waals surface area (Å²) in [6.07, 6.45) is 4.76. The number of halogens is 1. The minimum atomic E-state index is -0.251. The van der Waals surface area contributed by atoms with Crippen molar-refractivity contribution in [3.8, 4) is 5.75 Å². The van der Waals surface area contributed by atoms with E-state index in [0.29, 0.717) is 33.8 Å². The zero-order chi connectivity index (χ0) is 25.5. The van der Waals surface area contributed by atoms with Gasteiger partial charge < -0.3 is 30.3 Å². The normalized spacial score (nSPS) is 22.6. The van der Waals surface area contributed by atoms with Crippen molar-refractivity contribution in [1.82, 2.24) is 15.1 Å². The van der Waals surface area contributed by atoms with E-state index in [9.17, 15) is 9.59 Å². The number of nitrogen functional groups attached to an aromatic ring is 1. The first-order valence-electron chi connectivity index (χ1n) is 12.7. The maximum Gasteiger partial charge on any atom is 0.255 e. The van der Waals surface area contributed by atoms with Gasteiger partial charge in [-0.3, -0.25) is 9.59 Å². The SMILES string of the molecule is CCCC(C)C(=O)N1CCC(CN2CC[C@H](NC(=O)c3cc(Cl)c(N)cc3OC)[C@H](OC)C2)CC1. The van der Waals surface area contributed by atoms with Crippen LogP contribution in [0.15, 0.2) is 12.1 Å². The number of benzene rings is 1. The molecule has 2 fully saturated rings. The number of ether oxygens (including phenoxy) is 2. The van der Waals surface area contributed by atoms with Gasteiger partial charge in [0.25, 0.3) is 5.91 Å². The Labute approximate surface area is 214 Å². The van der Waals surface area contributed by atoms with Crippen molar-refractivity contribution in [2.75, 3.05) is 52.7 Å². The smallest absolute Gasteiger partial charge is 0.255 e. The maximum absolute atomic E-state index is 13.0. The lowest BCUT2D eigenvalue weighted by Crippen LogP contribution is -2.55. The highest BCUT2D eigenvalue weighted by Crippen LogP contribution is 2.29. The Hall–Kier alpha value is -2.03. The number of nitrogens with zero attached hydrogens (tertiary/aromatic N) is 2. The van der Waals surface area contributed by atoms with Crippen LogP contribution >= 0.6 is 11.6 Å². The summed E-state index contributed by atoms with van der Waals surface area (Å²) in [7, 11) is 3.19. The van der Waals surface area contributed by atoms with Crippen LogP contribution in [-0.2, 0) is 9.53 Å². The standard InChI is InChI=1S/C26H41ClN4O4/c1-5-6-17(2)26(33)31-11-7-18(8-12-31)15-30-10-9-22(24(16-30)35-4)29-25(32)19-13-20(27)21(28)14-23(19)34-3/h13-14,17-18,22,24H,5-12,15-16,28H2,1-4H3,(H,29,32)/t17?,22-,24+/m0/s1. The Morgan fingerprint density at radius 2 is 1.91 bits per heavy atom. The van der Waals surface area contributed by atoms with Crippen LogP contribution in [0.2, 0.25) is 5.02 Å². The number of nitrogens with one attached hydrogen (secondary N) is 1. The third kappa shape index (κ3) is 7.02. The van der Waals surface area contributed by atoms with Crippen molar-refractivity contribution >= 4 is 29.1 Å². The van der Waals surface area contributed by atoms with E-state index in [-0.39, 0.29) is 24.0 Å². The second kappa shape index (κ2) is 12.8. The molecule has 9 heteroatoms. The van der Waals surface area contributed by atoms with Crippen molar-refractivity contribution in [2.45, 2.75) is 58.1 Å². The van der Waals surface area contributed by atoms with Crippen molar-refractivity contribution < 1.29 is 19.1 Å². The van der Waals surface area contributed by atoms with Gasteiger partial charge in [0.15, 0.2) is 0 Å². The molecule has 0 spiro atoms. The molecule has 0 saturated carbocycles. The number of nitrogens with two attached hydrogens (primary N) is 1. The molecule has 0 aliphatic carbocycles. The first-order chi connectivity index (χ1) is 16.8. The van der Waals surface area contributed by atoms with Gasteiger partial charge in [0, 0.05) is 51.8 Å². The van der Waals surface area contributed by atoms with Gasteiger partial charge in [-0.15, -0.1) is 0 Å². The first-order valence-corrected chi connectivity index (χ1v) is 13.1. The molecule has 8 nitrogen and oxygen atoms in total. The molecule has 1 aromatic rings. The van der Waals surface area contributed by atoms with E-state index in [0.717, 1.165) is 64.8 Å². The fourth-order valence-electron chi connectivity index (χ4n) is 5.28. The Morgan fingerprint density at radius 1 is 1.20 bits per heavy atom. The van der Waals surface area contributed by atoms with Crippen molar-refractivity contribution in [1.29, 1.82) is 0 Å². The molecule has 2 heterocycles. The fourth-order valence-corrected chi connectivity index (χ4v) is 5.44. The van der Waals surface area contributed by atoms with Crippen LogP contribution in [0.1, 0.15) is 56.3 Å². The molecular formula is C26H41ClN4O4. The number of hydrogen-bond donors (Lipinski definition) is 2. The first kappa shape index (κ1) is 27.6. The number of hydrogen-bond acceptors (Lipinski definition) is 6. The summed E-state index contributed by atoms with van der Waals surface area (Å²) in [5.74, 6) is 1.14. The van der Waals surface area contributed by atoms with E-state index in [1.807, 2.05) is 11.8 Å². The van der Waals surface area contributed by atoms with Crippen molar-refractivity contribution in [3.05, 3.63) is 22.7 Å². The van der Waals surface area contributed by atoms with E-state index in [1.165, 1.54) is 7.11 Å². The summed E-state index contributed by atoms with van der Waals surface area (Å²) in [5.41, 5.74) is 6.57. The second-order valence-electron chi connectivity index (χ2n) is 9.93. The Kier molecular flexibility index (Phi) is 10.1. The number of rotatable bonds is 9. The number of carbonyl (C=O) groups excluding carboxylic acids is 2. The second-order valence-corrected chi connectivity index (χ2v) is 10.3. The molecule has 2 saturated heterocycles. The average Bonchev–Trinajstić information content (AvgIpc) is 2.86. The quantitative estimate of drug-likeness (QED) is 0.496. The number of piperidine rings is 2. The van der Waals surface area contributed by atoms with E-state index in [1.54, 1.807) is 19.2 Å². The molecule has 2 aliphatic heterocycles. The highest BCUT2D eigenvalue weighted by atomic mass is 35.5. The third-order valence-electron chi connectivity index (χ3n) is 7.41. The van der Waals surface area contributed by atoms with Crippen LogP contribution < -0.4 is 15.8 Å². The van der Waals surface area contributed by atoms with E-state index < -0.39 is 0 Å². The van der Waals surface area contributed by atoms with Gasteiger partial charge in [-0.25, -0.2) is 0 Å². The summed E-state index contributed by atoms with van der Waals surface area (Å²) in [6.45, 7) is 8.51. The predicted octanol–water partition coefficient (Wildman–Crippen LogP) is 3.42. The maximum atomic E-state index is 13.0. The average molecular weight is 509 g/mol. The number of amides is 2. The lowest BCUT2D eigenvalue weighted by atomic mass is 9.93. The molecule has 0 radical (unpaired) electrons. The molecule has 0 bridgehead atoms. The largest absolute Gasteiger partial charge is 0.496 e. The van der Waals surface area contributed by atoms with Crippen LogP contribution in [0.5, 0.6) is 5.75 Å². The van der Waals surface area contributed by atoms with Gasteiger partial charge in [-0.2, -0.15) is 0 Å². The molecule has 2 amide bonds. The minimum Gasteiger partial charge on any atom is -0.496 e. The van der Waals surface area contributed by atoms with Crippen LogP contribution in [-0.4, -0.2) is 80.7 Å². The van der Waals surface area contributed by atoms with E-state index in [2.05, 4.69) is 17.1 Å². The van der Waals surface area contributed by atoms with Gasteiger partial charge in [0.1, 0.15) is 5.75 Å². The molecule has 1 unspecified atom stereocenters. The van der Waals surface area contributed by atoms with Crippen molar-refractivity contribution in [3.63, 3.8) is 0 Å². The molecule has 2 aliphatic rings. The zero-order valence-corrected chi connectivity index (χ0v) is 22.3. The molecule has 3 N–H and O–H groups in total. The van der Waals surface area contributed by atoms with Crippen LogP contribution in [0.25, 0.3) is 0 Å². The van der Waals surface area contributed by atoms with E-state index in [4.69, 9.17) is 26.8 Å². The Morgan fingerprint density at radius 3 is 2.54 bits per heavy atom. The highest BCUT2D eigenvalue weighted by Gasteiger charge is 2.33. The van der Waals surface area contributed by atoms with Crippen LogP contribution in [0.3, 0.4) is 0 Å². The third-order valence-corrected chi connectivity index (χ3v) is 7.74. The summed E-state index contributed by atoms with van der Waals surface area (Å²) < 4.78 is 11.1. The van der Waals surface area contributed by atoms with Gasteiger partial charge in [0.05, 0.1) is 35.5 Å². The highest BCUT2D eigenvalue weighted by molar-refractivity contribution is 6.33. The Balaban J connectivity index is 1.51. The van der Waals surface area contributed by atoms with Crippen molar-refractivity contribution in [2.24, 2.45) is 11.8 Å². The molecule has 196 valence electrons. The zero-order valence-electron chi connectivity index (χ0n) is 21.5. The molecular weight excluding hydrogens is 468 g/mol. The predicted molar refractivity (Wildman–Crippen MR) is 139 cm³/mol. The number of anilines is 1. The monoisotopic (exact) mass is 508 g/mol. The minimum absolute atomic E-state index is 0.107. The summed E-state index contributed by atoms with van der Waals surface area (Å²) in [4.78, 5) is 30.1. The molecule has 3 rings (SSSR count). The van der Waals surface area contributed by atoms with Gasteiger partial charge >= 0.3 is 0 Å². The summed E-state index contributed by atoms with van der Waals surface area (Å²) in [6, 6.07) is 3.00. The molecule has 1 aromatic carbocycles. The lowest BCUT2D eigenvalue weighted by molar-refractivity contribution is -0.136. The lowest BCUT2D eigenvalue weighted by Gasteiger charge is -2.41. The topological polar surface area (TPSA) is 97.1 Å². The Bertz CT molecular complexity index is 875. The molecule has 0 aromatic heterocycles. The molecule has 35 heavy (non-hydrogen) atoms. The number of carbonyl (C=O) groups is 2. The van der Waals surface area contributed by atoms with Crippen LogP contribution in [0, 0.1) is 11.8 Å². The molecule has 3 atom stereocenters. The van der Waals surface area contributed by atoms with Crippen LogP contribution in [0.4, 0.5) is 5.69 Å². The van der Waals surface area contributed by atoms with E-state index >= 15 is 0 Å². The summed E-state index contributed by atoms with van der Waals surface area (Å²) >= 11 is 6.14. The van der Waals surface area contributed by atoms with Gasteiger partial charge in [-0.1, -0.05) is 31.9 Å².